The Balaban J connectivity index is 1.36. The lowest BCUT2D eigenvalue weighted by molar-refractivity contribution is -0.180. The molecule has 0 aliphatic carbocycles. The lowest BCUT2D eigenvalue weighted by Crippen LogP contribution is -2.34. The van der Waals surface area contributed by atoms with E-state index in [0.29, 0.717) is 169 Å². The van der Waals surface area contributed by atoms with Crippen LogP contribution < -0.4 is 16.8 Å². The van der Waals surface area contributed by atoms with E-state index >= 15 is 0 Å². The van der Waals surface area contributed by atoms with Crippen LogP contribution in [0.4, 0.5) is 5.69 Å². The van der Waals surface area contributed by atoms with Crippen LogP contribution >= 0.6 is 0 Å². The first-order chi connectivity index (χ1) is 28.0. The lowest BCUT2D eigenvalue weighted by Gasteiger charge is -2.21. The molecule has 57 heavy (non-hydrogen) atoms. The number of amides is 2. The molecule has 2 rings (SSSR count). The molecule has 5 N–H and O–H groups in total. The Bertz CT molecular complexity index is 1250. The number of pyridine rings is 1. The molecular formula is C38H66N6O13. The maximum absolute atomic E-state index is 13.1. The number of nitrogens with zero attached hydrogens (tertiary/aromatic N) is 3. The van der Waals surface area contributed by atoms with Crippen molar-refractivity contribution in [2.75, 3.05) is 158 Å². The summed E-state index contributed by atoms with van der Waals surface area (Å²) in [4.78, 5) is 39.9. The van der Waals surface area contributed by atoms with Crippen molar-refractivity contribution in [2.24, 2.45) is 16.5 Å². The van der Waals surface area contributed by atoms with Gasteiger partial charge in [-0.25, -0.2) is 10.1 Å². The fourth-order valence-corrected chi connectivity index (χ4v) is 4.79. The minimum absolute atomic E-state index is 0.156. The van der Waals surface area contributed by atoms with Crippen LogP contribution in [0.2, 0.25) is 0 Å². The first-order valence-electron chi connectivity index (χ1n) is 19.7. The molecule has 2 heterocycles. The molecule has 0 saturated heterocycles. The Hall–Kier alpha value is -3.18. The van der Waals surface area contributed by atoms with Gasteiger partial charge in [-0.05, 0) is 25.5 Å². The van der Waals surface area contributed by atoms with Gasteiger partial charge in [-0.3, -0.25) is 19.4 Å². The number of nitrogens with two attached hydrogens (primary N) is 2. The molecule has 2 amide bonds. The molecule has 0 spiro atoms. The maximum Gasteiger partial charge on any atom is 0.273 e. The third kappa shape index (κ3) is 25.0. The molecule has 1 aliphatic rings. The smallest absolute Gasteiger partial charge is 0.273 e. The van der Waals surface area contributed by atoms with Gasteiger partial charge in [-0.15, -0.1) is 0 Å². The van der Waals surface area contributed by atoms with Gasteiger partial charge in [0, 0.05) is 43.4 Å². The molecule has 19 nitrogen and oxygen atoms in total. The number of ether oxygens (including phenoxy) is 10. The van der Waals surface area contributed by atoms with Crippen LogP contribution in [0.1, 0.15) is 42.7 Å². The normalized spacial score (nSPS) is 12.5. The van der Waals surface area contributed by atoms with E-state index in [1.807, 2.05) is 13.8 Å². The number of nitrogens with one attached hydrogen (secondary N) is 1. The molecule has 1 aromatic heterocycles. The van der Waals surface area contributed by atoms with Crippen molar-refractivity contribution in [2.45, 2.75) is 26.7 Å². The number of carbonyl (C=O) groups excluding carboxylic acids is 2. The van der Waals surface area contributed by atoms with Crippen LogP contribution in [-0.2, 0) is 57.0 Å². The monoisotopic (exact) mass is 814 g/mol. The number of hydrogen-bond acceptors (Lipinski definition) is 17. The van der Waals surface area contributed by atoms with E-state index in [2.05, 4.69) is 15.3 Å². The van der Waals surface area contributed by atoms with E-state index in [0.717, 1.165) is 6.42 Å². The van der Waals surface area contributed by atoms with Gasteiger partial charge in [0.15, 0.2) is 0 Å². The average Bonchev–Trinajstić information content (AvgIpc) is 3.38. The summed E-state index contributed by atoms with van der Waals surface area (Å²) in [6, 6.07) is 1.55. The summed E-state index contributed by atoms with van der Waals surface area (Å²) in [5, 5.41) is 4.11. The largest absolute Gasteiger partial charge is 0.387 e. The Morgan fingerprint density at radius 3 is 1.54 bits per heavy atom. The van der Waals surface area contributed by atoms with Crippen molar-refractivity contribution in [1.82, 2.24) is 15.4 Å². The summed E-state index contributed by atoms with van der Waals surface area (Å²) in [5.74, 6) is -0.401. The quantitative estimate of drug-likeness (QED) is 0.0623. The minimum Gasteiger partial charge on any atom is -0.387 e. The van der Waals surface area contributed by atoms with E-state index in [1.54, 1.807) is 12.1 Å². The second-order valence-electron chi connectivity index (χ2n) is 12.1. The number of hydrogen-bond donors (Lipinski definition) is 3. The number of aromatic nitrogens is 1. The van der Waals surface area contributed by atoms with Gasteiger partial charge in [0.2, 0.25) is 0 Å². The van der Waals surface area contributed by atoms with Crippen molar-refractivity contribution in [3.63, 3.8) is 0 Å². The van der Waals surface area contributed by atoms with E-state index < -0.39 is 0 Å². The van der Waals surface area contributed by atoms with E-state index in [9.17, 15) is 9.59 Å². The predicted molar refractivity (Wildman–Crippen MR) is 211 cm³/mol. The van der Waals surface area contributed by atoms with Crippen molar-refractivity contribution in [1.29, 1.82) is 0 Å². The minimum atomic E-state index is -0.378. The van der Waals surface area contributed by atoms with Gasteiger partial charge >= 0.3 is 0 Å². The Morgan fingerprint density at radius 2 is 1.12 bits per heavy atom. The Labute approximate surface area is 336 Å². The number of hydroxylamine groups is 2. The van der Waals surface area contributed by atoms with Crippen LogP contribution in [-0.4, -0.2) is 186 Å². The average molecular weight is 815 g/mol. The third-order valence-corrected chi connectivity index (χ3v) is 7.46. The van der Waals surface area contributed by atoms with Gasteiger partial charge < -0.3 is 64.2 Å². The summed E-state index contributed by atoms with van der Waals surface area (Å²) in [7, 11) is 0. The second kappa shape index (κ2) is 34.8. The standard InChI is InChI=1S/C38H66N6O13/c1-3-7-44(57-4-2)38(46)32-28-33-31-42-35(30-34(33)43-36(40)29-32)37(45)41-6-9-48-11-13-50-15-17-52-19-21-54-23-25-56-27-26-55-24-22-53-20-18-51-16-14-49-12-10-47-8-5-39/h28,30-31H,3-27,29,39H2,1-2H3,(H2,40,43)(H,41,45). The molecule has 326 valence electrons. The number of aliphatic imine (C=N–C) groups is 1. The molecule has 0 unspecified atom stereocenters. The number of rotatable bonds is 38. The van der Waals surface area contributed by atoms with Gasteiger partial charge in [0.05, 0.1) is 144 Å². The zero-order valence-electron chi connectivity index (χ0n) is 33.9. The Kier molecular flexibility index (Phi) is 30.5. The maximum atomic E-state index is 13.1. The summed E-state index contributed by atoms with van der Waals surface area (Å²) in [6.07, 6.45) is 4.10. The summed E-state index contributed by atoms with van der Waals surface area (Å²) in [5.41, 5.74) is 13.1. The predicted octanol–water partition coefficient (Wildman–Crippen LogP) is 0.902. The number of carbonyl (C=O) groups is 2. The second-order valence-corrected chi connectivity index (χ2v) is 12.1. The highest BCUT2D eigenvalue weighted by Gasteiger charge is 2.22. The van der Waals surface area contributed by atoms with Crippen molar-refractivity contribution < 1.29 is 61.8 Å². The molecular weight excluding hydrogens is 748 g/mol. The SMILES string of the molecule is CCCN(OCC)C(=O)C1=Cc2cnc(C(=O)NCCOCCOCCOCCOCCOCCOCCOCCOCCOCCOCCN)cc2N=C(N)C1. The van der Waals surface area contributed by atoms with Gasteiger partial charge in [-0.1, -0.05) is 6.92 Å². The lowest BCUT2D eigenvalue weighted by atomic mass is 10.1. The molecule has 0 saturated carbocycles. The molecule has 19 heteroatoms. The van der Waals surface area contributed by atoms with Crippen LogP contribution in [0, 0.1) is 0 Å². The van der Waals surface area contributed by atoms with E-state index in [-0.39, 0.29) is 36.3 Å². The van der Waals surface area contributed by atoms with E-state index in [4.69, 9.17) is 63.7 Å². The molecule has 0 atom stereocenters. The van der Waals surface area contributed by atoms with Crippen LogP contribution in [0.3, 0.4) is 0 Å². The highest BCUT2D eigenvalue weighted by atomic mass is 16.7. The first-order valence-corrected chi connectivity index (χ1v) is 19.7. The van der Waals surface area contributed by atoms with Gasteiger partial charge in [-0.2, -0.15) is 0 Å². The van der Waals surface area contributed by atoms with Crippen LogP contribution in [0.25, 0.3) is 6.08 Å². The fraction of sp³-hybridized carbons (Fsp3) is 0.737. The summed E-state index contributed by atoms with van der Waals surface area (Å²) in [6.45, 7) is 14.8. The zero-order valence-corrected chi connectivity index (χ0v) is 33.9. The molecule has 0 aromatic carbocycles. The van der Waals surface area contributed by atoms with E-state index in [1.165, 1.54) is 11.3 Å². The highest BCUT2D eigenvalue weighted by molar-refractivity contribution is 6.05. The topological polar surface area (TPSA) is 228 Å². The number of amidine groups is 1. The Morgan fingerprint density at radius 1 is 0.684 bits per heavy atom. The molecule has 0 radical (unpaired) electrons. The fourth-order valence-electron chi connectivity index (χ4n) is 4.79. The van der Waals surface area contributed by atoms with Crippen molar-refractivity contribution in [3.8, 4) is 0 Å². The zero-order chi connectivity index (χ0) is 41.0. The van der Waals surface area contributed by atoms with Gasteiger partial charge in [0.1, 0.15) is 11.5 Å². The summed E-state index contributed by atoms with van der Waals surface area (Å²) >= 11 is 0. The van der Waals surface area contributed by atoms with Crippen molar-refractivity contribution in [3.05, 3.63) is 29.1 Å². The van der Waals surface area contributed by atoms with Crippen LogP contribution in [0.15, 0.2) is 22.8 Å². The molecule has 1 aliphatic heterocycles. The molecule has 0 bridgehead atoms. The third-order valence-electron chi connectivity index (χ3n) is 7.46. The number of fused-ring (bicyclic) bond motifs is 1. The van der Waals surface area contributed by atoms with Crippen LogP contribution in [0.5, 0.6) is 0 Å². The highest BCUT2D eigenvalue weighted by Crippen LogP contribution is 2.27. The van der Waals surface area contributed by atoms with Crippen molar-refractivity contribution >= 4 is 29.4 Å². The first kappa shape index (κ1) is 50.0. The molecule has 1 aromatic rings. The molecule has 0 fully saturated rings. The van der Waals surface area contributed by atoms with Gasteiger partial charge in [0.25, 0.3) is 11.8 Å². The summed E-state index contributed by atoms with van der Waals surface area (Å²) < 4.78 is 54.5.